The third-order valence-corrected chi connectivity index (χ3v) is 4.28. The molecule has 2 aromatic carbocycles. The van der Waals surface area contributed by atoms with E-state index in [1.165, 1.54) is 20.2 Å². The highest BCUT2D eigenvalue weighted by Gasteiger charge is 2.20. The molecule has 3 aromatic rings. The second kappa shape index (κ2) is 8.70. The first kappa shape index (κ1) is 20.3. The van der Waals surface area contributed by atoms with Crippen LogP contribution in [0.5, 0.6) is 11.5 Å². The number of benzene rings is 2. The summed E-state index contributed by atoms with van der Waals surface area (Å²) in [6.45, 7) is 1.47. The van der Waals surface area contributed by atoms with Gasteiger partial charge in [-0.2, -0.15) is 20.1 Å². The summed E-state index contributed by atoms with van der Waals surface area (Å²) in [5, 5.41) is 27.4. The second-order valence-corrected chi connectivity index (χ2v) is 6.11. The van der Waals surface area contributed by atoms with Gasteiger partial charge in [0, 0.05) is 11.1 Å². The Labute approximate surface area is 171 Å². The first-order chi connectivity index (χ1) is 14.5. The number of aromatic hydroxyl groups is 1. The smallest absolute Gasteiger partial charge is 0.292 e. The van der Waals surface area contributed by atoms with Crippen molar-refractivity contribution in [2.75, 3.05) is 7.11 Å². The fourth-order valence-corrected chi connectivity index (χ4v) is 2.72. The van der Waals surface area contributed by atoms with E-state index in [1.54, 1.807) is 48.5 Å². The van der Waals surface area contributed by atoms with E-state index in [1.807, 2.05) is 6.07 Å². The zero-order valence-corrected chi connectivity index (χ0v) is 16.2. The molecule has 0 spiro atoms. The number of rotatable bonds is 5. The fourth-order valence-electron chi connectivity index (χ4n) is 2.72. The number of hydrogen-bond donors (Lipinski definition) is 2. The third kappa shape index (κ3) is 3.88. The number of amides is 1. The van der Waals surface area contributed by atoms with Crippen LogP contribution in [0.2, 0.25) is 0 Å². The number of carbonyl (C=O) groups excluding carboxylic acids is 1. The maximum absolute atomic E-state index is 12.6. The minimum atomic E-state index is -0.715. The molecule has 3 rings (SSSR count). The minimum absolute atomic E-state index is 0.123. The molecule has 0 atom stereocenters. The van der Waals surface area contributed by atoms with Crippen molar-refractivity contribution in [1.29, 1.82) is 5.26 Å². The molecule has 0 aliphatic carbocycles. The van der Waals surface area contributed by atoms with E-state index in [0.717, 1.165) is 4.68 Å². The van der Waals surface area contributed by atoms with Crippen LogP contribution in [-0.2, 0) is 0 Å². The summed E-state index contributed by atoms with van der Waals surface area (Å²) in [7, 11) is 1.42. The second-order valence-electron chi connectivity index (χ2n) is 6.11. The third-order valence-electron chi connectivity index (χ3n) is 4.28. The average molecular weight is 403 g/mol. The standard InChI is InChI=1S/C21H17N5O4/c1-13-16(11-22)21(29)26(15-8-4-3-5-9-15)25-18(13)20(28)24-23-12-14-7-6-10-17(30-2)19(14)27/h3-10,12,27H,1-2H3,(H,24,28)/b23-12+. The molecule has 0 saturated carbocycles. The number of ether oxygens (including phenoxy) is 1. The number of nitrogens with zero attached hydrogens (tertiary/aromatic N) is 4. The van der Waals surface area contributed by atoms with Gasteiger partial charge in [0.15, 0.2) is 17.2 Å². The maximum Gasteiger partial charge on any atom is 0.292 e. The maximum atomic E-state index is 12.6. The Morgan fingerprint density at radius 1 is 1.27 bits per heavy atom. The molecule has 2 N–H and O–H groups in total. The topological polar surface area (TPSA) is 130 Å². The van der Waals surface area contributed by atoms with Crippen molar-refractivity contribution < 1.29 is 14.6 Å². The van der Waals surface area contributed by atoms with E-state index in [2.05, 4.69) is 15.6 Å². The molecule has 9 nitrogen and oxygen atoms in total. The Morgan fingerprint density at radius 2 is 2.00 bits per heavy atom. The van der Waals surface area contributed by atoms with Crippen molar-refractivity contribution in [3.63, 3.8) is 0 Å². The lowest BCUT2D eigenvalue weighted by molar-refractivity contribution is 0.0947. The van der Waals surface area contributed by atoms with Crippen LogP contribution in [0.3, 0.4) is 0 Å². The average Bonchev–Trinajstić information content (AvgIpc) is 2.76. The summed E-state index contributed by atoms with van der Waals surface area (Å²) in [6, 6.07) is 15.1. The van der Waals surface area contributed by atoms with E-state index in [4.69, 9.17) is 4.74 Å². The molecule has 0 bridgehead atoms. The summed E-state index contributed by atoms with van der Waals surface area (Å²) in [6.07, 6.45) is 1.24. The molecule has 1 aromatic heterocycles. The molecule has 1 amide bonds. The van der Waals surface area contributed by atoms with Gasteiger partial charge >= 0.3 is 0 Å². The summed E-state index contributed by atoms with van der Waals surface area (Å²) >= 11 is 0. The van der Waals surface area contributed by atoms with Crippen LogP contribution in [0.1, 0.15) is 27.2 Å². The van der Waals surface area contributed by atoms with Gasteiger partial charge in [-0.3, -0.25) is 9.59 Å². The molecule has 0 aliphatic heterocycles. The van der Waals surface area contributed by atoms with E-state index in [9.17, 15) is 20.0 Å². The Kier molecular flexibility index (Phi) is 5.89. The molecular formula is C21H17N5O4. The van der Waals surface area contributed by atoms with Crippen LogP contribution in [0.15, 0.2) is 58.4 Å². The number of nitrogens with one attached hydrogen (secondary N) is 1. The number of aromatic nitrogens is 2. The predicted octanol–water partition coefficient (Wildman–Crippen LogP) is 1.89. The van der Waals surface area contributed by atoms with E-state index >= 15 is 0 Å². The SMILES string of the molecule is COc1cccc(/C=N/NC(=O)c2nn(-c3ccccc3)c(=O)c(C#N)c2C)c1O. The van der Waals surface area contributed by atoms with Crippen molar-refractivity contribution in [3.8, 4) is 23.3 Å². The first-order valence-electron chi connectivity index (χ1n) is 8.76. The van der Waals surface area contributed by atoms with Crippen molar-refractivity contribution in [2.24, 2.45) is 5.10 Å². The predicted molar refractivity (Wildman–Crippen MR) is 109 cm³/mol. The Balaban J connectivity index is 1.95. The lowest BCUT2D eigenvalue weighted by Gasteiger charge is -2.10. The summed E-state index contributed by atoms with van der Waals surface area (Å²) < 4.78 is 6.02. The molecule has 0 radical (unpaired) electrons. The number of para-hydroxylation sites is 2. The van der Waals surface area contributed by atoms with Crippen LogP contribution in [0, 0.1) is 18.3 Å². The zero-order valence-electron chi connectivity index (χ0n) is 16.2. The molecule has 0 saturated heterocycles. The number of nitriles is 1. The van der Waals surface area contributed by atoms with Gasteiger partial charge < -0.3 is 9.84 Å². The summed E-state index contributed by atoms with van der Waals surface area (Å²) in [5.41, 5.74) is 2.25. The molecule has 30 heavy (non-hydrogen) atoms. The van der Waals surface area contributed by atoms with Crippen molar-refractivity contribution in [3.05, 3.63) is 81.3 Å². The molecular weight excluding hydrogens is 386 g/mol. The number of hydrogen-bond acceptors (Lipinski definition) is 7. The molecule has 9 heteroatoms. The van der Waals surface area contributed by atoms with E-state index in [-0.39, 0.29) is 28.3 Å². The van der Waals surface area contributed by atoms with Crippen LogP contribution in [-0.4, -0.2) is 34.1 Å². The van der Waals surface area contributed by atoms with Gasteiger partial charge in [0.2, 0.25) is 0 Å². The lowest BCUT2D eigenvalue weighted by atomic mass is 10.1. The highest BCUT2D eigenvalue weighted by molar-refractivity contribution is 5.95. The summed E-state index contributed by atoms with van der Waals surface area (Å²) in [4.78, 5) is 25.2. The van der Waals surface area contributed by atoms with Gasteiger partial charge in [0.25, 0.3) is 11.5 Å². The number of phenolic OH excluding ortho intramolecular Hbond substituents is 1. The molecule has 0 unspecified atom stereocenters. The summed E-state index contributed by atoms with van der Waals surface area (Å²) in [5.74, 6) is -0.583. The van der Waals surface area contributed by atoms with Crippen LogP contribution >= 0.6 is 0 Å². The van der Waals surface area contributed by atoms with Crippen LogP contribution < -0.4 is 15.7 Å². The van der Waals surface area contributed by atoms with Crippen LogP contribution in [0.4, 0.5) is 0 Å². The monoisotopic (exact) mass is 403 g/mol. The molecule has 0 fully saturated rings. The van der Waals surface area contributed by atoms with E-state index in [0.29, 0.717) is 11.3 Å². The first-order valence-corrected chi connectivity index (χ1v) is 8.76. The number of carbonyl (C=O) groups is 1. The Morgan fingerprint density at radius 3 is 2.67 bits per heavy atom. The Hall–Kier alpha value is -4.45. The van der Waals surface area contributed by atoms with Crippen molar-refractivity contribution in [1.82, 2.24) is 15.2 Å². The van der Waals surface area contributed by atoms with Crippen molar-refractivity contribution in [2.45, 2.75) is 6.92 Å². The Bertz CT molecular complexity index is 1230. The highest BCUT2D eigenvalue weighted by Crippen LogP contribution is 2.27. The van der Waals surface area contributed by atoms with Crippen LogP contribution in [0.25, 0.3) is 5.69 Å². The van der Waals surface area contributed by atoms with Gasteiger partial charge in [0.1, 0.15) is 11.6 Å². The fraction of sp³-hybridized carbons (Fsp3) is 0.0952. The molecule has 1 heterocycles. The van der Waals surface area contributed by atoms with Gasteiger partial charge in [-0.25, -0.2) is 5.43 Å². The molecule has 0 aliphatic rings. The van der Waals surface area contributed by atoms with E-state index < -0.39 is 11.5 Å². The zero-order chi connectivity index (χ0) is 21.7. The van der Waals surface area contributed by atoms with Gasteiger partial charge in [-0.05, 0) is 31.2 Å². The van der Waals surface area contributed by atoms with Crippen molar-refractivity contribution >= 4 is 12.1 Å². The molecule has 150 valence electrons. The number of hydrazone groups is 1. The van der Waals surface area contributed by atoms with Gasteiger partial charge in [-0.15, -0.1) is 0 Å². The highest BCUT2D eigenvalue weighted by atomic mass is 16.5. The van der Waals surface area contributed by atoms with Gasteiger partial charge in [0.05, 0.1) is 19.0 Å². The lowest BCUT2D eigenvalue weighted by Crippen LogP contribution is -2.31. The quantitative estimate of drug-likeness (QED) is 0.494. The number of methoxy groups -OCH3 is 1. The minimum Gasteiger partial charge on any atom is -0.504 e. The number of phenols is 1. The largest absolute Gasteiger partial charge is 0.504 e. The van der Waals surface area contributed by atoms with Gasteiger partial charge in [-0.1, -0.05) is 24.3 Å². The normalized spacial score (nSPS) is 10.6.